The number of carbonyl (C=O) groups excluding carboxylic acids is 1. The Morgan fingerprint density at radius 1 is 1.53 bits per heavy atom. The van der Waals surface area contributed by atoms with E-state index in [2.05, 4.69) is 25.9 Å². The Morgan fingerprint density at radius 3 is 2.76 bits per heavy atom. The first-order valence-electron chi connectivity index (χ1n) is 5.91. The fraction of sp³-hybridized carbons (Fsp3) is 0.667. The van der Waals surface area contributed by atoms with Crippen molar-refractivity contribution in [2.75, 3.05) is 12.3 Å². The molecule has 0 bridgehead atoms. The third kappa shape index (κ3) is 5.38. The number of aromatic nitrogens is 2. The van der Waals surface area contributed by atoms with Crippen LogP contribution in [-0.2, 0) is 16.1 Å². The Balaban J connectivity index is 2.26. The van der Waals surface area contributed by atoms with E-state index < -0.39 is 0 Å². The van der Waals surface area contributed by atoms with Gasteiger partial charge in [0.25, 0.3) is 0 Å². The summed E-state index contributed by atoms with van der Waals surface area (Å²) in [6, 6.07) is 0. The molecule has 5 nitrogen and oxygen atoms in total. The van der Waals surface area contributed by atoms with Gasteiger partial charge >= 0.3 is 5.97 Å². The molecule has 0 aliphatic carbocycles. The average molecular weight is 239 g/mol. The van der Waals surface area contributed by atoms with Gasteiger partial charge in [-0.2, -0.15) is 5.10 Å². The summed E-state index contributed by atoms with van der Waals surface area (Å²) in [5, 5.41) is 3.92. The van der Waals surface area contributed by atoms with Crippen LogP contribution >= 0.6 is 0 Å². The molecule has 0 aromatic carbocycles. The van der Waals surface area contributed by atoms with Crippen LogP contribution in [0.5, 0.6) is 0 Å². The van der Waals surface area contributed by atoms with Gasteiger partial charge in [0.15, 0.2) is 0 Å². The van der Waals surface area contributed by atoms with E-state index in [0.29, 0.717) is 24.1 Å². The van der Waals surface area contributed by atoms with Crippen molar-refractivity contribution in [3.63, 3.8) is 0 Å². The van der Waals surface area contributed by atoms with Gasteiger partial charge in [-0.3, -0.25) is 9.48 Å². The average Bonchev–Trinajstić information content (AvgIpc) is 2.60. The molecule has 0 amide bonds. The van der Waals surface area contributed by atoms with Crippen molar-refractivity contribution in [1.29, 1.82) is 0 Å². The van der Waals surface area contributed by atoms with Crippen molar-refractivity contribution < 1.29 is 9.53 Å². The Hall–Kier alpha value is -1.52. The number of hydrogen-bond donors (Lipinski definition) is 1. The first-order valence-corrected chi connectivity index (χ1v) is 5.91. The third-order valence-electron chi connectivity index (χ3n) is 2.35. The second-order valence-electron chi connectivity index (χ2n) is 4.89. The lowest BCUT2D eigenvalue weighted by molar-refractivity contribution is -0.146. The van der Waals surface area contributed by atoms with E-state index in [-0.39, 0.29) is 12.5 Å². The molecule has 1 heterocycles. The summed E-state index contributed by atoms with van der Waals surface area (Å²) in [6.07, 6.45) is 4.18. The number of carbonyl (C=O) groups is 1. The maximum atomic E-state index is 11.5. The topological polar surface area (TPSA) is 70.1 Å². The van der Waals surface area contributed by atoms with E-state index in [0.717, 1.165) is 6.42 Å². The first kappa shape index (κ1) is 13.5. The number of rotatable bonds is 6. The minimum absolute atomic E-state index is 0.117. The second kappa shape index (κ2) is 6.27. The minimum atomic E-state index is -0.274. The smallest absolute Gasteiger partial charge is 0.327 e. The van der Waals surface area contributed by atoms with Crippen LogP contribution in [0.1, 0.15) is 27.2 Å². The Labute approximate surface area is 102 Å². The van der Waals surface area contributed by atoms with Crippen LogP contribution in [-0.4, -0.2) is 22.4 Å². The van der Waals surface area contributed by atoms with Crippen LogP contribution in [0.15, 0.2) is 12.4 Å². The number of ether oxygens (including phenoxy) is 1. The molecule has 96 valence electrons. The number of esters is 1. The van der Waals surface area contributed by atoms with Gasteiger partial charge < -0.3 is 10.5 Å². The molecule has 1 unspecified atom stereocenters. The van der Waals surface area contributed by atoms with Crippen molar-refractivity contribution in [3.05, 3.63) is 12.4 Å². The fourth-order valence-corrected chi connectivity index (χ4v) is 1.75. The zero-order chi connectivity index (χ0) is 12.8. The van der Waals surface area contributed by atoms with Crippen molar-refractivity contribution in [1.82, 2.24) is 9.78 Å². The molecule has 1 aromatic heterocycles. The number of anilines is 1. The fourth-order valence-electron chi connectivity index (χ4n) is 1.75. The molecule has 1 rings (SSSR count). The lowest BCUT2D eigenvalue weighted by atomic mass is 10.00. The predicted octanol–water partition coefficient (Wildman–Crippen LogP) is 1.69. The van der Waals surface area contributed by atoms with Gasteiger partial charge in [0, 0.05) is 6.20 Å². The Morgan fingerprint density at radius 2 is 2.24 bits per heavy atom. The van der Waals surface area contributed by atoms with Crippen LogP contribution < -0.4 is 5.73 Å². The SMILES string of the molecule is CC(C)CC(C)COC(=O)Cn1cc(N)cn1. The molecular formula is C12H21N3O2. The number of nitrogens with zero attached hydrogens (tertiary/aromatic N) is 2. The zero-order valence-electron chi connectivity index (χ0n) is 10.7. The highest BCUT2D eigenvalue weighted by molar-refractivity contribution is 5.69. The van der Waals surface area contributed by atoms with Crippen LogP contribution in [0, 0.1) is 11.8 Å². The van der Waals surface area contributed by atoms with E-state index in [9.17, 15) is 4.79 Å². The van der Waals surface area contributed by atoms with Gasteiger partial charge in [-0.15, -0.1) is 0 Å². The largest absolute Gasteiger partial charge is 0.464 e. The zero-order valence-corrected chi connectivity index (χ0v) is 10.7. The molecule has 0 saturated carbocycles. The van der Waals surface area contributed by atoms with Gasteiger partial charge in [-0.05, 0) is 18.3 Å². The summed E-state index contributed by atoms with van der Waals surface area (Å²) in [7, 11) is 0. The van der Waals surface area contributed by atoms with Crippen LogP contribution in [0.25, 0.3) is 0 Å². The van der Waals surface area contributed by atoms with Crippen molar-refractivity contribution >= 4 is 11.7 Å². The van der Waals surface area contributed by atoms with Crippen LogP contribution in [0.3, 0.4) is 0 Å². The molecular weight excluding hydrogens is 218 g/mol. The monoisotopic (exact) mass is 239 g/mol. The maximum absolute atomic E-state index is 11.5. The molecule has 0 radical (unpaired) electrons. The normalized spacial score (nSPS) is 12.7. The summed E-state index contributed by atoms with van der Waals surface area (Å²) in [4.78, 5) is 11.5. The van der Waals surface area contributed by atoms with Gasteiger partial charge in [-0.1, -0.05) is 20.8 Å². The summed E-state index contributed by atoms with van der Waals surface area (Å²) in [5.41, 5.74) is 6.04. The molecule has 1 atom stereocenters. The predicted molar refractivity (Wildman–Crippen MR) is 66.2 cm³/mol. The van der Waals surface area contributed by atoms with E-state index >= 15 is 0 Å². The van der Waals surface area contributed by atoms with E-state index in [1.807, 2.05) is 0 Å². The van der Waals surface area contributed by atoms with E-state index in [1.54, 1.807) is 6.20 Å². The molecule has 0 fully saturated rings. The van der Waals surface area contributed by atoms with Gasteiger partial charge in [0.05, 0.1) is 18.5 Å². The highest BCUT2D eigenvalue weighted by atomic mass is 16.5. The second-order valence-corrected chi connectivity index (χ2v) is 4.89. The van der Waals surface area contributed by atoms with E-state index in [4.69, 9.17) is 10.5 Å². The quantitative estimate of drug-likeness (QED) is 0.767. The van der Waals surface area contributed by atoms with Crippen LogP contribution in [0.4, 0.5) is 5.69 Å². The summed E-state index contributed by atoms with van der Waals surface area (Å²) < 4.78 is 6.65. The standard InChI is InChI=1S/C12H21N3O2/c1-9(2)4-10(3)8-17-12(16)7-15-6-11(13)5-14-15/h5-6,9-10H,4,7-8,13H2,1-3H3. The minimum Gasteiger partial charge on any atom is -0.464 e. The summed E-state index contributed by atoms with van der Waals surface area (Å²) in [5.74, 6) is 0.736. The molecule has 0 aliphatic heterocycles. The Kier molecular flexibility index (Phi) is 5.00. The number of nitrogens with two attached hydrogens (primary N) is 1. The molecule has 5 heteroatoms. The van der Waals surface area contributed by atoms with Crippen molar-refractivity contribution in [2.45, 2.75) is 33.7 Å². The summed E-state index contributed by atoms with van der Waals surface area (Å²) >= 11 is 0. The van der Waals surface area contributed by atoms with Crippen molar-refractivity contribution in [2.24, 2.45) is 11.8 Å². The number of hydrogen-bond acceptors (Lipinski definition) is 4. The highest BCUT2D eigenvalue weighted by Gasteiger charge is 2.10. The van der Waals surface area contributed by atoms with Gasteiger partial charge in [0.1, 0.15) is 6.54 Å². The van der Waals surface area contributed by atoms with Crippen LogP contribution in [0.2, 0.25) is 0 Å². The molecule has 1 aromatic rings. The van der Waals surface area contributed by atoms with Gasteiger partial charge in [-0.25, -0.2) is 0 Å². The summed E-state index contributed by atoms with van der Waals surface area (Å²) in [6.45, 7) is 6.98. The number of nitrogen functional groups attached to an aromatic ring is 1. The molecule has 2 N–H and O–H groups in total. The highest BCUT2D eigenvalue weighted by Crippen LogP contribution is 2.11. The third-order valence-corrected chi connectivity index (χ3v) is 2.35. The first-order chi connectivity index (χ1) is 7.97. The maximum Gasteiger partial charge on any atom is 0.327 e. The van der Waals surface area contributed by atoms with Gasteiger partial charge in [0.2, 0.25) is 0 Å². The molecule has 0 saturated heterocycles. The molecule has 0 aliphatic rings. The van der Waals surface area contributed by atoms with Crippen molar-refractivity contribution in [3.8, 4) is 0 Å². The lowest BCUT2D eigenvalue weighted by Crippen LogP contribution is -2.18. The van der Waals surface area contributed by atoms with E-state index in [1.165, 1.54) is 10.9 Å². The molecule has 17 heavy (non-hydrogen) atoms. The Bertz CT molecular complexity index is 360. The lowest BCUT2D eigenvalue weighted by Gasteiger charge is -2.14. The molecule has 0 spiro atoms.